The van der Waals surface area contributed by atoms with Crippen molar-refractivity contribution in [3.05, 3.63) is 57.5 Å². The Labute approximate surface area is 110 Å². The van der Waals surface area contributed by atoms with Crippen molar-refractivity contribution >= 4 is 11.3 Å². The van der Waals surface area contributed by atoms with Gasteiger partial charge in [-0.05, 0) is 30.0 Å². The van der Waals surface area contributed by atoms with Crippen molar-refractivity contribution in [2.75, 3.05) is 6.54 Å². The molecule has 0 saturated carbocycles. The Hall–Kier alpha value is -1.23. The molecule has 2 unspecified atom stereocenters. The van der Waals surface area contributed by atoms with Crippen molar-refractivity contribution in [2.45, 2.75) is 18.9 Å². The second kappa shape index (κ2) is 5.61. The van der Waals surface area contributed by atoms with Gasteiger partial charge in [0.25, 0.3) is 0 Å². The van der Waals surface area contributed by atoms with E-state index in [9.17, 15) is 9.50 Å². The summed E-state index contributed by atoms with van der Waals surface area (Å²) in [5, 5.41) is 12.2. The molecule has 1 aromatic heterocycles. The predicted molar refractivity (Wildman–Crippen MR) is 72.2 cm³/mol. The van der Waals surface area contributed by atoms with E-state index in [0.717, 1.165) is 10.4 Å². The number of thiophene rings is 1. The van der Waals surface area contributed by atoms with Gasteiger partial charge in [-0.25, -0.2) is 4.39 Å². The molecule has 0 amide bonds. The molecule has 0 spiro atoms. The Morgan fingerprint density at radius 2 is 2.17 bits per heavy atom. The normalized spacial score (nSPS) is 14.4. The van der Waals surface area contributed by atoms with Crippen molar-refractivity contribution in [2.24, 2.45) is 5.73 Å². The monoisotopic (exact) mass is 265 g/mol. The van der Waals surface area contributed by atoms with Gasteiger partial charge in [0.15, 0.2) is 0 Å². The van der Waals surface area contributed by atoms with Crippen LogP contribution < -0.4 is 5.73 Å². The number of aliphatic hydroxyl groups is 1. The van der Waals surface area contributed by atoms with Gasteiger partial charge in [0, 0.05) is 22.9 Å². The van der Waals surface area contributed by atoms with Gasteiger partial charge in [0.2, 0.25) is 0 Å². The highest BCUT2D eigenvalue weighted by molar-refractivity contribution is 7.10. The van der Waals surface area contributed by atoms with Gasteiger partial charge < -0.3 is 10.8 Å². The van der Waals surface area contributed by atoms with E-state index >= 15 is 0 Å². The molecule has 3 N–H and O–H groups in total. The largest absolute Gasteiger partial charge is 0.388 e. The first-order valence-corrected chi connectivity index (χ1v) is 6.69. The first kappa shape index (κ1) is 13.2. The van der Waals surface area contributed by atoms with Crippen LogP contribution in [-0.2, 0) is 0 Å². The Morgan fingerprint density at radius 1 is 1.39 bits per heavy atom. The number of halogens is 1. The van der Waals surface area contributed by atoms with Crippen molar-refractivity contribution in [3.63, 3.8) is 0 Å². The fourth-order valence-corrected chi connectivity index (χ4v) is 2.86. The smallest absolute Gasteiger partial charge is 0.129 e. The molecule has 0 bridgehead atoms. The number of rotatable bonds is 4. The van der Waals surface area contributed by atoms with E-state index in [-0.39, 0.29) is 18.3 Å². The number of hydrogen-bond acceptors (Lipinski definition) is 3. The predicted octanol–water partition coefficient (Wildman–Crippen LogP) is 2.97. The number of benzene rings is 1. The maximum absolute atomic E-state index is 13.8. The summed E-state index contributed by atoms with van der Waals surface area (Å²) in [6.07, 6.45) is -0.908. The number of nitrogens with two attached hydrogens (primary N) is 1. The minimum atomic E-state index is -0.908. The summed E-state index contributed by atoms with van der Waals surface area (Å²) in [6.45, 7) is 2.11. The van der Waals surface area contributed by atoms with E-state index in [2.05, 4.69) is 0 Å². The number of hydrogen-bond donors (Lipinski definition) is 2. The average Bonchev–Trinajstić information content (AvgIpc) is 2.83. The third-order valence-electron chi connectivity index (χ3n) is 3.02. The van der Waals surface area contributed by atoms with Gasteiger partial charge in [0.05, 0.1) is 6.10 Å². The molecule has 2 atom stereocenters. The van der Waals surface area contributed by atoms with E-state index in [4.69, 9.17) is 5.73 Å². The van der Waals surface area contributed by atoms with Crippen LogP contribution in [0.3, 0.4) is 0 Å². The molecule has 0 aliphatic heterocycles. The van der Waals surface area contributed by atoms with E-state index in [1.54, 1.807) is 12.1 Å². The van der Waals surface area contributed by atoms with Gasteiger partial charge in [-0.3, -0.25) is 0 Å². The lowest BCUT2D eigenvalue weighted by molar-refractivity contribution is 0.144. The Bertz CT molecular complexity index is 513. The summed E-state index contributed by atoms with van der Waals surface area (Å²) in [4.78, 5) is 0.977. The first-order valence-electron chi connectivity index (χ1n) is 5.81. The highest BCUT2D eigenvalue weighted by Gasteiger charge is 2.24. The molecular formula is C14H16FNOS. The highest BCUT2D eigenvalue weighted by atomic mass is 32.1. The Kier molecular flexibility index (Phi) is 4.11. The van der Waals surface area contributed by atoms with Gasteiger partial charge >= 0.3 is 0 Å². The molecule has 0 fully saturated rings. The molecule has 0 saturated heterocycles. The zero-order valence-electron chi connectivity index (χ0n) is 10.1. The number of aliphatic hydroxyl groups excluding tert-OH is 1. The highest BCUT2D eigenvalue weighted by Crippen LogP contribution is 2.33. The molecule has 2 nitrogen and oxygen atoms in total. The molecule has 0 radical (unpaired) electrons. The second-order valence-corrected chi connectivity index (χ2v) is 5.31. The van der Waals surface area contributed by atoms with Crippen LogP contribution in [0.1, 0.15) is 28.0 Å². The number of aryl methyl sites for hydroxylation is 1. The van der Waals surface area contributed by atoms with E-state index < -0.39 is 6.10 Å². The van der Waals surface area contributed by atoms with Crippen LogP contribution in [0.15, 0.2) is 35.7 Å². The molecule has 0 aliphatic rings. The zero-order valence-corrected chi connectivity index (χ0v) is 11.0. The first-order chi connectivity index (χ1) is 8.63. The van der Waals surface area contributed by atoms with Crippen LogP contribution in [0.5, 0.6) is 0 Å². The van der Waals surface area contributed by atoms with Gasteiger partial charge in [-0.1, -0.05) is 18.2 Å². The second-order valence-electron chi connectivity index (χ2n) is 4.33. The molecule has 18 heavy (non-hydrogen) atoms. The van der Waals surface area contributed by atoms with Gasteiger partial charge in [0.1, 0.15) is 5.82 Å². The standard InChI is InChI=1S/C14H16FNOS/c1-9-4-5-10(12(15)7-9)14(17)11(8-16)13-3-2-6-18-13/h2-7,11,14,17H,8,16H2,1H3. The van der Waals surface area contributed by atoms with Crippen molar-refractivity contribution in [1.29, 1.82) is 0 Å². The lowest BCUT2D eigenvalue weighted by atomic mass is 9.93. The minimum absolute atomic E-state index is 0.262. The third-order valence-corrected chi connectivity index (χ3v) is 4.02. The maximum Gasteiger partial charge on any atom is 0.129 e. The lowest BCUT2D eigenvalue weighted by Gasteiger charge is -2.21. The van der Waals surface area contributed by atoms with E-state index in [0.29, 0.717) is 5.56 Å². The van der Waals surface area contributed by atoms with Crippen LogP contribution >= 0.6 is 11.3 Å². The fourth-order valence-electron chi connectivity index (χ4n) is 1.99. The quantitative estimate of drug-likeness (QED) is 0.892. The summed E-state index contributed by atoms with van der Waals surface area (Å²) < 4.78 is 13.8. The summed E-state index contributed by atoms with van der Waals surface area (Å²) >= 11 is 1.53. The molecule has 96 valence electrons. The summed E-state index contributed by atoms with van der Waals surface area (Å²) in [5.74, 6) is -0.639. The Morgan fingerprint density at radius 3 is 2.72 bits per heavy atom. The minimum Gasteiger partial charge on any atom is -0.388 e. The molecule has 2 rings (SSSR count). The van der Waals surface area contributed by atoms with Crippen LogP contribution in [0.25, 0.3) is 0 Å². The third kappa shape index (κ3) is 2.61. The molecule has 4 heteroatoms. The summed E-state index contributed by atoms with van der Waals surface area (Å²) in [6, 6.07) is 8.67. The lowest BCUT2D eigenvalue weighted by Crippen LogP contribution is -2.20. The molecular weight excluding hydrogens is 249 g/mol. The zero-order chi connectivity index (χ0) is 13.1. The average molecular weight is 265 g/mol. The summed E-state index contributed by atoms with van der Waals surface area (Å²) in [5.41, 5.74) is 6.85. The Balaban J connectivity index is 2.31. The fraction of sp³-hybridized carbons (Fsp3) is 0.286. The van der Waals surface area contributed by atoms with Crippen LogP contribution in [-0.4, -0.2) is 11.7 Å². The SMILES string of the molecule is Cc1ccc(C(O)C(CN)c2cccs2)c(F)c1. The molecule has 1 heterocycles. The summed E-state index contributed by atoms with van der Waals surface area (Å²) in [7, 11) is 0. The molecule has 2 aromatic rings. The van der Waals surface area contributed by atoms with Crippen LogP contribution in [0.4, 0.5) is 4.39 Å². The topological polar surface area (TPSA) is 46.2 Å². The van der Waals surface area contributed by atoms with Gasteiger partial charge in [-0.2, -0.15) is 0 Å². The van der Waals surface area contributed by atoms with Crippen molar-refractivity contribution in [1.82, 2.24) is 0 Å². The van der Waals surface area contributed by atoms with Crippen LogP contribution in [0, 0.1) is 12.7 Å². The van der Waals surface area contributed by atoms with Gasteiger partial charge in [-0.15, -0.1) is 11.3 Å². The van der Waals surface area contributed by atoms with E-state index in [1.165, 1.54) is 17.4 Å². The van der Waals surface area contributed by atoms with Crippen molar-refractivity contribution in [3.8, 4) is 0 Å². The molecule has 1 aromatic carbocycles. The van der Waals surface area contributed by atoms with Crippen LogP contribution in [0.2, 0.25) is 0 Å². The molecule has 0 aliphatic carbocycles. The van der Waals surface area contributed by atoms with Crippen molar-refractivity contribution < 1.29 is 9.50 Å². The maximum atomic E-state index is 13.8. The van der Waals surface area contributed by atoms with E-state index in [1.807, 2.05) is 24.4 Å².